The monoisotopic (exact) mass is 315 g/mol. The van der Waals surface area contributed by atoms with E-state index >= 15 is 0 Å². The number of fused-ring (bicyclic) bond motifs is 1. The van der Waals surface area contributed by atoms with Gasteiger partial charge in [-0.15, -0.1) is 0 Å². The first-order chi connectivity index (χ1) is 11.0. The number of hydrogen-bond donors (Lipinski definition) is 2. The van der Waals surface area contributed by atoms with Crippen molar-refractivity contribution in [2.24, 2.45) is 29.4 Å². The topological polar surface area (TPSA) is 54.7 Å². The summed E-state index contributed by atoms with van der Waals surface area (Å²) in [6, 6.07) is 4.70. The SMILES string of the molecule is CC1=CC(CN)C(C(C)C)CC1Cc1nc2ccc(F)cc2[nH]1. The second-order valence-electron chi connectivity index (χ2n) is 7.20. The van der Waals surface area contributed by atoms with E-state index in [1.165, 1.54) is 17.7 Å². The standard InChI is InChI=1S/C19H26FN3/c1-11(2)16-7-13(12(3)6-14(16)10-21)8-19-22-17-5-4-15(20)9-18(17)23-19/h4-6,9,11,13-14,16H,7-8,10,21H2,1-3H3,(H,22,23). The van der Waals surface area contributed by atoms with Crippen LogP contribution in [-0.2, 0) is 6.42 Å². The molecular weight excluding hydrogens is 289 g/mol. The first kappa shape index (κ1) is 16.2. The second kappa shape index (κ2) is 6.44. The molecule has 0 bridgehead atoms. The van der Waals surface area contributed by atoms with Gasteiger partial charge in [-0.05, 0) is 61.8 Å². The van der Waals surface area contributed by atoms with Crippen LogP contribution < -0.4 is 5.73 Å². The molecule has 0 saturated heterocycles. The molecule has 0 saturated carbocycles. The van der Waals surface area contributed by atoms with Crippen molar-refractivity contribution in [2.75, 3.05) is 6.54 Å². The summed E-state index contributed by atoms with van der Waals surface area (Å²) in [5, 5.41) is 0. The van der Waals surface area contributed by atoms with Gasteiger partial charge in [0.15, 0.2) is 0 Å². The van der Waals surface area contributed by atoms with Gasteiger partial charge in [-0.3, -0.25) is 0 Å². The summed E-state index contributed by atoms with van der Waals surface area (Å²) in [5.41, 5.74) is 8.97. The molecule has 1 aromatic carbocycles. The van der Waals surface area contributed by atoms with Crippen LogP contribution in [0.2, 0.25) is 0 Å². The van der Waals surface area contributed by atoms with Crippen molar-refractivity contribution in [1.82, 2.24) is 9.97 Å². The number of benzene rings is 1. The van der Waals surface area contributed by atoms with Gasteiger partial charge in [0, 0.05) is 6.42 Å². The zero-order valence-corrected chi connectivity index (χ0v) is 14.1. The number of allylic oxidation sites excluding steroid dienone is 1. The molecule has 3 atom stereocenters. The summed E-state index contributed by atoms with van der Waals surface area (Å²) >= 11 is 0. The normalized spacial score (nSPS) is 25.1. The number of halogens is 1. The van der Waals surface area contributed by atoms with E-state index in [0.29, 0.717) is 23.7 Å². The van der Waals surface area contributed by atoms with Crippen LogP contribution in [-0.4, -0.2) is 16.5 Å². The zero-order valence-electron chi connectivity index (χ0n) is 14.1. The number of aromatic nitrogens is 2. The van der Waals surface area contributed by atoms with Gasteiger partial charge >= 0.3 is 0 Å². The van der Waals surface area contributed by atoms with E-state index in [9.17, 15) is 4.39 Å². The number of imidazole rings is 1. The molecule has 23 heavy (non-hydrogen) atoms. The number of aromatic amines is 1. The Morgan fingerprint density at radius 1 is 1.39 bits per heavy atom. The fourth-order valence-electron chi connectivity index (χ4n) is 3.91. The van der Waals surface area contributed by atoms with Crippen molar-refractivity contribution in [2.45, 2.75) is 33.6 Å². The fraction of sp³-hybridized carbons (Fsp3) is 0.526. The predicted octanol–water partition coefficient (Wildman–Crippen LogP) is 4.06. The molecule has 0 amide bonds. The summed E-state index contributed by atoms with van der Waals surface area (Å²) in [5.74, 6) is 2.92. The number of H-pyrrole nitrogens is 1. The molecule has 2 aromatic rings. The average Bonchev–Trinajstić information content (AvgIpc) is 2.90. The summed E-state index contributed by atoms with van der Waals surface area (Å²) in [7, 11) is 0. The second-order valence-corrected chi connectivity index (χ2v) is 7.20. The van der Waals surface area contributed by atoms with Crippen molar-refractivity contribution < 1.29 is 4.39 Å². The van der Waals surface area contributed by atoms with Crippen molar-refractivity contribution in [3.05, 3.63) is 41.5 Å². The zero-order chi connectivity index (χ0) is 16.6. The number of nitrogens with zero attached hydrogens (tertiary/aromatic N) is 1. The average molecular weight is 315 g/mol. The van der Waals surface area contributed by atoms with E-state index < -0.39 is 0 Å². The number of rotatable bonds is 4. The Morgan fingerprint density at radius 3 is 2.87 bits per heavy atom. The molecule has 4 heteroatoms. The van der Waals surface area contributed by atoms with Gasteiger partial charge in [-0.25, -0.2) is 9.37 Å². The van der Waals surface area contributed by atoms with E-state index in [1.807, 2.05) is 0 Å². The Balaban J connectivity index is 1.83. The maximum absolute atomic E-state index is 13.3. The lowest BCUT2D eigenvalue weighted by Crippen LogP contribution is -2.32. The Labute approximate surface area is 137 Å². The molecule has 3 nitrogen and oxygen atoms in total. The van der Waals surface area contributed by atoms with Crippen molar-refractivity contribution in [3.63, 3.8) is 0 Å². The van der Waals surface area contributed by atoms with Gasteiger partial charge in [-0.1, -0.05) is 25.5 Å². The first-order valence-corrected chi connectivity index (χ1v) is 8.50. The Bertz CT molecular complexity index is 716. The summed E-state index contributed by atoms with van der Waals surface area (Å²) in [4.78, 5) is 7.89. The summed E-state index contributed by atoms with van der Waals surface area (Å²) in [6.07, 6.45) is 4.38. The van der Waals surface area contributed by atoms with Crippen LogP contribution >= 0.6 is 0 Å². The molecule has 3 N–H and O–H groups in total. The quantitative estimate of drug-likeness (QED) is 0.836. The molecule has 0 aliphatic heterocycles. The highest BCUT2D eigenvalue weighted by Gasteiger charge is 2.31. The minimum absolute atomic E-state index is 0.230. The van der Waals surface area contributed by atoms with Crippen LogP contribution in [0.15, 0.2) is 29.8 Å². The lowest BCUT2D eigenvalue weighted by molar-refractivity contribution is 0.230. The van der Waals surface area contributed by atoms with Crippen LogP contribution in [0.4, 0.5) is 4.39 Å². The number of nitrogens with one attached hydrogen (secondary N) is 1. The molecule has 1 aliphatic carbocycles. The number of nitrogens with two attached hydrogens (primary N) is 1. The van der Waals surface area contributed by atoms with Gasteiger partial charge in [0.2, 0.25) is 0 Å². The minimum Gasteiger partial charge on any atom is -0.342 e. The molecule has 1 aliphatic rings. The molecule has 0 radical (unpaired) electrons. The van der Waals surface area contributed by atoms with Gasteiger partial charge in [0.05, 0.1) is 11.0 Å². The Hall–Kier alpha value is -1.68. The predicted molar refractivity (Wildman–Crippen MR) is 92.5 cm³/mol. The molecule has 1 aromatic heterocycles. The maximum atomic E-state index is 13.3. The maximum Gasteiger partial charge on any atom is 0.125 e. The third-order valence-electron chi connectivity index (χ3n) is 5.29. The van der Waals surface area contributed by atoms with Crippen LogP contribution in [0.25, 0.3) is 11.0 Å². The highest BCUT2D eigenvalue weighted by atomic mass is 19.1. The van der Waals surface area contributed by atoms with Gasteiger partial charge in [0.25, 0.3) is 0 Å². The van der Waals surface area contributed by atoms with Crippen LogP contribution in [0.5, 0.6) is 0 Å². The van der Waals surface area contributed by atoms with E-state index in [2.05, 4.69) is 36.8 Å². The largest absolute Gasteiger partial charge is 0.342 e. The van der Waals surface area contributed by atoms with Crippen molar-refractivity contribution >= 4 is 11.0 Å². The third-order valence-corrected chi connectivity index (χ3v) is 5.29. The molecule has 3 rings (SSSR count). The molecule has 124 valence electrons. The van der Waals surface area contributed by atoms with Gasteiger partial charge in [-0.2, -0.15) is 0 Å². The highest BCUT2D eigenvalue weighted by Crippen LogP contribution is 2.38. The Kier molecular flexibility index (Phi) is 4.53. The van der Waals surface area contributed by atoms with Crippen molar-refractivity contribution in [3.8, 4) is 0 Å². The van der Waals surface area contributed by atoms with Gasteiger partial charge in [0.1, 0.15) is 11.6 Å². The van der Waals surface area contributed by atoms with Gasteiger partial charge < -0.3 is 10.7 Å². The number of hydrogen-bond acceptors (Lipinski definition) is 2. The molecule has 0 fully saturated rings. The first-order valence-electron chi connectivity index (χ1n) is 8.50. The fourth-order valence-corrected chi connectivity index (χ4v) is 3.91. The molecular formula is C19H26FN3. The van der Waals surface area contributed by atoms with E-state index in [-0.39, 0.29) is 5.82 Å². The third kappa shape index (κ3) is 3.32. The smallest absolute Gasteiger partial charge is 0.125 e. The summed E-state index contributed by atoms with van der Waals surface area (Å²) in [6.45, 7) is 7.48. The lowest BCUT2D eigenvalue weighted by atomic mass is 9.70. The van der Waals surface area contributed by atoms with Crippen LogP contribution in [0, 0.1) is 29.5 Å². The molecule has 3 unspecified atom stereocenters. The van der Waals surface area contributed by atoms with Crippen LogP contribution in [0.3, 0.4) is 0 Å². The minimum atomic E-state index is -0.230. The summed E-state index contributed by atoms with van der Waals surface area (Å²) < 4.78 is 13.3. The lowest BCUT2D eigenvalue weighted by Gasteiger charge is -2.36. The van der Waals surface area contributed by atoms with Crippen LogP contribution in [0.1, 0.15) is 33.0 Å². The van der Waals surface area contributed by atoms with E-state index in [4.69, 9.17) is 5.73 Å². The van der Waals surface area contributed by atoms with E-state index in [1.54, 1.807) is 6.07 Å². The molecule has 1 heterocycles. The molecule has 0 spiro atoms. The van der Waals surface area contributed by atoms with E-state index in [0.717, 1.165) is 36.2 Å². The highest BCUT2D eigenvalue weighted by molar-refractivity contribution is 5.74. The van der Waals surface area contributed by atoms with Crippen molar-refractivity contribution in [1.29, 1.82) is 0 Å². The Morgan fingerprint density at radius 2 is 2.17 bits per heavy atom.